The molecule has 1 rings (SSSR count). The Labute approximate surface area is 109 Å². The molecule has 0 aromatic heterocycles. The number of hydrogen-bond acceptors (Lipinski definition) is 3. The third-order valence-corrected chi connectivity index (χ3v) is 2.58. The summed E-state index contributed by atoms with van der Waals surface area (Å²) in [6.45, 7) is 8.09. The van der Waals surface area contributed by atoms with Crippen LogP contribution in [0.25, 0.3) is 0 Å². The van der Waals surface area contributed by atoms with Crippen molar-refractivity contribution in [1.82, 2.24) is 5.32 Å². The molecule has 1 unspecified atom stereocenters. The Hall–Kier alpha value is -1.55. The van der Waals surface area contributed by atoms with Gasteiger partial charge in [-0.15, -0.1) is 0 Å². The van der Waals surface area contributed by atoms with Crippen LogP contribution in [0.5, 0.6) is 5.75 Å². The Bertz CT molecular complexity index is 363. The van der Waals surface area contributed by atoms with E-state index in [0.29, 0.717) is 13.2 Å². The van der Waals surface area contributed by atoms with E-state index in [0.717, 1.165) is 18.0 Å². The van der Waals surface area contributed by atoms with Crippen LogP contribution in [0, 0.1) is 5.92 Å². The van der Waals surface area contributed by atoms with Gasteiger partial charge in [0.15, 0.2) is 0 Å². The summed E-state index contributed by atoms with van der Waals surface area (Å²) in [4.78, 5) is 11.8. The first-order chi connectivity index (χ1) is 8.67. The van der Waals surface area contributed by atoms with Crippen molar-refractivity contribution >= 4 is 11.6 Å². The minimum absolute atomic E-state index is 0.0279. The van der Waals surface area contributed by atoms with Crippen LogP contribution in [-0.4, -0.2) is 25.6 Å². The van der Waals surface area contributed by atoms with Crippen LogP contribution in [0.4, 0.5) is 5.69 Å². The van der Waals surface area contributed by atoms with Gasteiger partial charge in [0.2, 0.25) is 5.91 Å². The number of rotatable bonds is 7. The molecule has 0 saturated heterocycles. The molecule has 1 aromatic carbocycles. The highest BCUT2D eigenvalue weighted by molar-refractivity contribution is 5.92. The van der Waals surface area contributed by atoms with Crippen LogP contribution in [-0.2, 0) is 4.79 Å². The van der Waals surface area contributed by atoms with Gasteiger partial charge >= 0.3 is 0 Å². The molecule has 18 heavy (non-hydrogen) atoms. The molecule has 0 spiro atoms. The predicted molar refractivity (Wildman–Crippen MR) is 73.9 cm³/mol. The van der Waals surface area contributed by atoms with Crippen LogP contribution in [0.3, 0.4) is 0 Å². The maximum absolute atomic E-state index is 11.8. The molecule has 0 bridgehead atoms. The van der Waals surface area contributed by atoms with Crippen molar-refractivity contribution in [3.63, 3.8) is 0 Å². The van der Waals surface area contributed by atoms with Gasteiger partial charge in [-0.3, -0.25) is 4.79 Å². The summed E-state index contributed by atoms with van der Waals surface area (Å²) >= 11 is 0. The van der Waals surface area contributed by atoms with E-state index in [1.54, 1.807) is 0 Å². The Morgan fingerprint density at radius 2 is 1.94 bits per heavy atom. The smallest absolute Gasteiger partial charge is 0.228 e. The molecule has 1 atom stereocenters. The minimum atomic E-state index is -0.0449. The van der Waals surface area contributed by atoms with E-state index in [4.69, 9.17) is 4.74 Å². The second-order valence-corrected chi connectivity index (χ2v) is 4.16. The van der Waals surface area contributed by atoms with Crippen molar-refractivity contribution in [2.75, 3.05) is 25.0 Å². The van der Waals surface area contributed by atoms with Crippen molar-refractivity contribution < 1.29 is 9.53 Å². The van der Waals surface area contributed by atoms with Gasteiger partial charge in [-0.2, -0.15) is 0 Å². The molecule has 0 heterocycles. The van der Waals surface area contributed by atoms with Gasteiger partial charge in [-0.1, -0.05) is 13.8 Å². The monoisotopic (exact) mass is 250 g/mol. The number of benzene rings is 1. The first kappa shape index (κ1) is 14.5. The van der Waals surface area contributed by atoms with E-state index < -0.39 is 0 Å². The molecular weight excluding hydrogens is 228 g/mol. The highest BCUT2D eigenvalue weighted by atomic mass is 16.5. The topological polar surface area (TPSA) is 50.4 Å². The van der Waals surface area contributed by atoms with Crippen molar-refractivity contribution in [1.29, 1.82) is 0 Å². The summed E-state index contributed by atoms with van der Waals surface area (Å²) in [6, 6.07) is 7.41. The molecule has 100 valence electrons. The predicted octanol–water partition coefficient (Wildman–Crippen LogP) is 2.27. The van der Waals surface area contributed by atoms with E-state index in [1.807, 2.05) is 45.0 Å². The maximum atomic E-state index is 11.8. The first-order valence-corrected chi connectivity index (χ1v) is 6.41. The normalized spacial score (nSPS) is 11.9. The highest BCUT2D eigenvalue weighted by Crippen LogP contribution is 2.16. The molecule has 0 aliphatic carbocycles. The summed E-state index contributed by atoms with van der Waals surface area (Å²) in [5, 5.41) is 6.05. The number of hydrogen-bond donors (Lipinski definition) is 2. The second-order valence-electron chi connectivity index (χ2n) is 4.16. The lowest BCUT2D eigenvalue weighted by molar-refractivity contribution is -0.119. The Morgan fingerprint density at radius 3 is 2.50 bits per heavy atom. The van der Waals surface area contributed by atoms with Crippen molar-refractivity contribution in [3.05, 3.63) is 24.3 Å². The van der Waals surface area contributed by atoms with E-state index in [1.165, 1.54) is 0 Å². The molecule has 0 saturated carbocycles. The third-order valence-electron chi connectivity index (χ3n) is 2.58. The maximum Gasteiger partial charge on any atom is 0.228 e. The molecule has 1 aromatic rings. The number of ether oxygens (including phenoxy) is 1. The second kappa shape index (κ2) is 7.71. The molecule has 0 radical (unpaired) electrons. The van der Waals surface area contributed by atoms with E-state index in [-0.39, 0.29) is 11.8 Å². The Morgan fingerprint density at radius 1 is 1.28 bits per heavy atom. The van der Waals surface area contributed by atoms with Gasteiger partial charge in [-0.05, 0) is 37.7 Å². The largest absolute Gasteiger partial charge is 0.494 e. The average Bonchev–Trinajstić information content (AvgIpc) is 2.38. The lowest BCUT2D eigenvalue weighted by atomic mass is 10.1. The third kappa shape index (κ3) is 4.75. The highest BCUT2D eigenvalue weighted by Gasteiger charge is 2.11. The number of nitrogens with one attached hydrogen (secondary N) is 2. The van der Waals surface area contributed by atoms with Crippen LogP contribution in [0.1, 0.15) is 20.8 Å². The fourth-order valence-corrected chi connectivity index (χ4v) is 1.52. The summed E-state index contributed by atoms with van der Waals surface area (Å²) < 4.78 is 5.34. The van der Waals surface area contributed by atoms with Gasteiger partial charge in [0.1, 0.15) is 5.75 Å². The summed E-state index contributed by atoms with van der Waals surface area (Å²) in [5.74, 6) is 0.799. The van der Waals surface area contributed by atoms with Gasteiger partial charge in [0, 0.05) is 18.2 Å². The molecule has 4 nitrogen and oxygen atoms in total. The van der Waals surface area contributed by atoms with Crippen LogP contribution in [0.15, 0.2) is 24.3 Å². The fraction of sp³-hybridized carbons (Fsp3) is 0.500. The number of carbonyl (C=O) groups excluding carboxylic acids is 1. The molecule has 0 aliphatic rings. The summed E-state index contributed by atoms with van der Waals surface area (Å²) in [5.41, 5.74) is 0.798. The molecule has 1 amide bonds. The quantitative estimate of drug-likeness (QED) is 0.780. The Kier molecular flexibility index (Phi) is 6.22. The summed E-state index contributed by atoms with van der Waals surface area (Å²) in [6.07, 6.45) is 0. The number of amides is 1. The van der Waals surface area contributed by atoms with Crippen molar-refractivity contribution in [2.24, 2.45) is 5.92 Å². The molecule has 4 heteroatoms. The van der Waals surface area contributed by atoms with Crippen LogP contribution >= 0.6 is 0 Å². The van der Waals surface area contributed by atoms with Crippen molar-refractivity contribution in [3.8, 4) is 5.75 Å². The molecule has 0 aliphatic heterocycles. The molecule has 2 N–H and O–H groups in total. The zero-order chi connectivity index (χ0) is 13.4. The number of anilines is 1. The van der Waals surface area contributed by atoms with E-state index >= 15 is 0 Å². The van der Waals surface area contributed by atoms with E-state index in [2.05, 4.69) is 10.6 Å². The van der Waals surface area contributed by atoms with Gasteiger partial charge in [-0.25, -0.2) is 0 Å². The van der Waals surface area contributed by atoms with E-state index in [9.17, 15) is 4.79 Å². The first-order valence-electron chi connectivity index (χ1n) is 6.41. The van der Waals surface area contributed by atoms with Gasteiger partial charge < -0.3 is 15.4 Å². The average molecular weight is 250 g/mol. The number of carbonyl (C=O) groups is 1. The SMILES string of the molecule is CCNCC(C)C(=O)Nc1ccc(OCC)cc1. The van der Waals surface area contributed by atoms with Crippen LogP contribution in [0.2, 0.25) is 0 Å². The van der Waals surface area contributed by atoms with Gasteiger partial charge in [0.05, 0.1) is 6.61 Å². The Balaban J connectivity index is 2.48. The lowest BCUT2D eigenvalue weighted by Crippen LogP contribution is -2.30. The lowest BCUT2D eigenvalue weighted by Gasteiger charge is -2.12. The zero-order valence-electron chi connectivity index (χ0n) is 11.3. The fourth-order valence-electron chi connectivity index (χ4n) is 1.52. The molecular formula is C14H22N2O2. The van der Waals surface area contributed by atoms with Crippen LogP contribution < -0.4 is 15.4 Å². The summed E-state index contributed by atoms with van der Waals surface area (Å²) in [7, 11) is 0. The molecule has 0 fully saturated rings. The van der Waals surface area contributed by atoms with Crippen molar-refractivity contribution in [2.45, 2.75) is 20.8 Å². The standard InChI is InChI=1S/C14H22N2O2/c1-4-15-10-11(3)14(17)16-12-6-8-13(9-7-12)18-5-2/h6-9,11,15H,4-5,10H2,1-3H3,(H,16,17). The zero-order valence-corrected chi connectivity index (χ0v) is 11.3. The minimum Gasteiger partial charge on any atom is -0.494 e. The van der Waals surface area contributed by atoms with Gasteiger partial charge in [0.25, 0.3) is 0 Å².